The van der Waals surface area contributed by atoms with E-state index in [1.807, 2.05) is 17.7 Å². The molecule has 0 saturated heterocycles. The van der Waals surface area contributed by atoms with Crippen molar-refractivity contribution in [2.75, 3.05) is 20.1 Å². The molecule has 0 fully saturated rings. The molecule has 0 saturated carbocycles. The third kappa shape index (κ3) is 7.16. The number of halogens is 2. The largest absolute Gasteiger partial charge is 0.489 e. The number of nitrogens with zero attached hydrogens (tertiary/aromatic N) is 3. The van der Waals surface area contributed by atoms with Crippen LogP contribution in [0.15, 0.2) is 48.0 Å². The summed E-state index contributed by atoms with van der Waals surface area (Å²) in [4.78, 5) is 8.16. The molecule has 0 aliphatic carbocycles. The van der Waals surface area contributed by atoms with Crippen LogP contribution < -0.4 is 15.4 Å². The van der Waals surface area contributed by atoms with E-state index >= 15 is 0 Å². The lowest BCUT2D eigenvalue weighted by atomic mass is 10.3. The highest BCUT2D eigenvalue weighted by Gasteiger charge is 2.06. The molecule has 132 valence electrons. The van der Waals surface area contributed by atoms with Gasteiger partial charge in [-0.15, -0.1) is 24.0 Å². The number of rotatable bonds is 7. The van der Waals surface area contributed by atoms with Crippen LogP contribution in [-0.4, -0.2) is 41.8 Å². The highest BCUT2D eigenvalue weighted by atomic mass is 127. The number of ether oxygens (including phenoxy) is 1. The van der Waals surface area contributed by atoms with Crippen molar-refractivity contribution in [1.29, 1.82) is 0 Å². The number of hydrogen-bond acceptors (Lipinski definition) is 3. The van der Waals surface area contributed by atoms with Gasteiger partial charge in [-0.1, -0.05) is 0 Å². The fourth-order valence-corrected chi connectivity index (χ4v) is 1.97. The van der Waals surface area contributed by atoms with Crippen LogP contribution in [0.25, 0.3) is 0 Å². The smallest absolute Gasteiger partial charge is 0.191 e. The molecule has 0 radical (unpaired) electrons. The van der Waals surface area contributed by atoms with Crippen molar-refractivity contribution in [2.24, 2.45) is 4.99 Å². The van der Waals surface area contributed by atoms with Crippen molar-refractivity contribution in [3.63, 3.8) is 0 Å². The van der Waals surface area contributed by atoms with Gasteiger partial charge in [0.25, 0.3) is 0 Å². The zero-order chi connectivity index (χ0) is 16.5. The molecular formula is C16H23FIN5O. The molecule has 0 aliphatic heterocycles. The van der Waals surface area contributed by atoms with E-state index in [0.717, 1.165) is 13.1 Å². The van der Waals surface area contributed by atoms with Crippen molar-refractivity contribution in [2.45, 2.75) is 19.6 Å². The molecule has 8 heteroatoms. The first kappa shape index (κ1) is 20.2. The average Bonchev–Trinajstić information content (AvgIpc) is 3.06. The Kier molecular flexibility index (Phi) is 9.13. The fraction of sp³-hybridized carbons (Fsp3) is 0.375. The molecule has 1 aromatic heterocycles. The second kappa shape index (κ2) is 10.8. The van der Waals surface area contributed by atoms with E-state index in [4.69, 9.17) is 4.74 Å². The molecule has 0 bridgehead atoms. The summed E-state index contributed by atoms with van der Waals surface area (Å²) < 4.78 is 20.5. The second-order valence-corrected chi connectivity index (χ2v) is 5.06. The van der Waals surface area contributed by atoms with Crippen LogP contribution in [0.5, 0.6) is 5.75 Å². The van der Waals surface area contributed by atoms with Crippen LogP contribution in [0.1, 0.15) is 6.92 Å². The Morgan fingerprint density at radius 1 is 1.33 bits per heavy atom. The third-order valence-electron chi connectivity index (χ3n) is 3.15. The van der Waals surface area contributed by atoms with Gasteiger partial charge in [0.2, 0.25) is 0 Å². The summed E-state index contributed by atoms with van der Waals surface area (Å²) >= 11 is 0. The van der Waals surface area contributed by atoms with Gasteiger partial charge in [-0.25, -0.2) is 9.37 Å². The number of imidazole rings is 1. The van der Waals surface area contributed by atoms with Crippen LogP contribution >= 0.6 is 24.0 Å². The minimum absolute atomic E-state index is 0. The molecule has 0 amide bonds. The maximum atomic E-state index is 12.8. The monoisotopic (exact) mass is 447 g/mol. The predicted molar refractivity (Wildman–Crippen MR) is 103 cm³/mol. The molecule has 0 aliphatic rings. The second-order valence-electron chi connectivity index (χ2n) is 5.06. The van der Waals surface area contributed by atoms with E-state index in [-0.39, 0.29) is 35.9 Å². The third-order valence-corrected chi connectivity index (χ3v) is 3.15. The van der Waals surface area contributed by atoms with Gasteiger partial charge in [-0.2, -0.15) is 0 Å². The standard InChI is InChI=1S/C16H22FN5O.HI/c1-13(23-15-5-3-14(17)4-6-15)11-21-16(18-2)20-8-10-22-9-7-19-12-22;/h3-7,9,12-13H,8,10-11H2,1-2H3,(H2,18,20,21);1H. The topological polar surface area (TPSA) is 63.5 Å². The molecule has 2 aromatic rings. The molecule has 2 rings (SSSR count). The van der Waals surface area contributed by atoms with Crippen LogP contribution in [0.4, 0.5) is 4.39 Å². The van der Waals surface area contributed by atoms with E-state index in [9.17, 15) is 4.39 Å². The van der Waals surface area contributed by atoms with Crippen molar-refractivity contribution < 1.29 is 9.13 Å². The van der Waals surface area contributed by atoms with Gasteiger partial charge in [0, 0.05) is 32.5 Å². The maximum absolute atomic E-state index is 12.8. The lowest BCUT2D eigenvalue weighted by Crippen LogP contribution is -2.42. The van der Waals surface area contributed by atoms with Gasteiger partial charge in [0.1, 0.15) is 17.7 Å². The molecule has 1 aromatic carbocycles. The lowest BCUT2D eigenvalue weighted by Gasteiger charge is -2.17. The van der Waals surface area contributed by atoms with E-state index < -0.39 is 0 Å². The lowest BCUT2D eigenvalue weighted by molar-refractivity contribution is 0.223. The SMILES string of the molecule is CN=C(NCCn1ccnc1)NCC(C)Oc1ccc(F)cc1.I. The number of guanidine groups is 1. The summed E-state index contributed by atoms with van der Waals surface area (Å²) in [5.74, 6) is 1.08. The van der Waals surface area contributed by atoms with Gasteiger partial charge < -0.3 is 19.9 Å². The Hall–Kier alpha value is -1.84. The average molecular weight is 447 g/mol. The molecule has 1 atom stereocenters. The first-order valence-corrected chi connectivity index (χ1v) is 7.50. The number of aromatic nitrogens is 2. The molecular weight excluding hydrogens is 424 g/mol. The molecule has 1 unspecified atom stereocenters. The maximum Gasteiger partial charge on any atom is 0.191 e. The molecule has 1 heterocycles. The zero-order valence-electron chi connectivity index (χ0n) is 13.8. The highest BCUT2D eigenvalue weighted by molar-refractivity contribution is 14.0. The number of aliphatic imine (C=N–C) groups is 1. The van der Waals surface area contributed by atoms with Crippen molar-refractivity contribution >= 4 is 29.9 Å². The Morgan fingerprint density at radius 3 is 2.71 bits per heavy atom. The zero-order valence-corrected chi connectivity index (χ0v) is 16.1. The molecule has 2 N–H and O–H groups in total. The Morgan fingerprint density at radius 2 is 2.08 bits per heavy atom. The Labute approximate surface area is 158 Å². The van der Waals surface area contributed by atoms with E-state index in [1.165, 1.54) is 12.1 Å². The predicted octanol–water partition coefficient (Wildman–Crippen LogP) is 2.27. The van der Waals surface area contributed by atoms with Crippen molar-refractivity contribution in [3.8, 4) is 5.75 Å². The van der Waals surface area contributed by atoms with Gasteiger partial charge in [-0.3, -0.25) is 4.99 Å². The summed E-state index contributed by atoms with van der Waals surface area (Å²) in [6.07, 6.45) is 5.36. The van der Waals surface area contributed by atoms with Gasteiger partial charge >= 0.3 is 0 Å². The number of nitrogens with one attached hydrogen (secondary N) is 2. The first-order chi connectivity index (χ1) is 11.2. The van der Waals surface area contributed by atoms with Crippen molar-refractivity contribution in [1.82, 2.24) is 20.2 Å². The first-order valence-electron chi connectivity index (χ1n) is 7.50. The summed E-state index contributed by atoms with van der Waals surface area (Å²) in [6, 6.07) is 5.99. The van der Waals surface area contributed by atoms with Crippen LogP contribution in [0.3, 0.4) is 0 Å². The summed E-state index contributed by atoms with van der Waals surface area (Å²) in [5, 5.41) is 6.42. The molecule has 0 spiro atoms. The van der Waals surface area contributed by atoms with Crippen LogP contribution in [-0.2, 0) is 6.54 Å². The highest BCUT2D eigenvalue weighted by Crippen LogP contribution is 2.12. The van der Waals surface area contributed by atoms with Gasteiger partial charge in [0.15, 0.2) is 5.96 Å². The summed E-state index contributed by atoms with van der Waals surface area (Å²) in [5.41, 5.74) is 0. The number of benzene rings is 1. The summed E-state index contributed by atoms with van der Waals surface area (Å²) in [6.45, 7) is 4.07. The van der Waals surface area contributed by atoms with E-state index in [2.05, 4.69) is 20.6 Å². The normalized spacial score (nSPS) is 12.2. The molecule has 24 heavy (non-hydrogen) atoms. The Balaban J connectivity index is 0.00000288. The number of hydrogen-bond donors (Lipinski definition) is 2. The van der Waals surface area contributed by atoms with Crippen LogP contribution in [0.2, 0.25) is 0 Å². The van der Waals surface area contributed by atoms with E-state index in [0.29, 0.717) is 18.3 Å². The van der Waals surface area contributed by atoms with Crippen LogP contribution in [0, 0.1) is 5.82 Å². The van der Waals surface area contributed by atoms with Gasteiger partial charge in [0.05, 0.1) is 12.9 Å². The van der Waals surface area contributed by atoms with Crippen molar-refractivity contribution in [3.05, 3.63) is 48.8 Å². The minimum Gasteiger partial charge on any atom is -0.489 e. The van der Waals surface area contributed by atoms with Gasteiger partial charge in [-0.05, 0) is 31.2 Å². The Bertz CT molecular complexity index is 603. The quantitative estimate of drug-likeness (QED) is 0.389. The minimum atomic E-state index is -0.273. The molecule has 6 nitrogen and oxygen atoms in total. The fourth-order valence-electron chi connectivity index (χ4n) is 1.97. The van der Waals surface area contributed by atoms with E-state index in [1.54, 1.807) is 31.7 Å². The summed E-state index contributed by atoms with van der Waals surface area (Å²) in [7, 11) is 1.72.